The smallest absolute Gasteiger partial charge is 0.266 e. The van der Waals surface area contributed by atoms with Crippen LogP contribution in [0.3, 0.4) is 0 Å². The van der Waals surface area contributed by atoms with Crippen molar-refractivity contribution in [3.8, 4) is 11.4 Å². The van der Waals surface area contributed by atoms with E-state index in [0.29, 0.717) is 45.9 Å². The van der Waals surface area contributed by atoms with Crippen LogP contribution in [0.5, 0.6) is 5.75 Å². The number of nitrogens with zero attached hydrogens (tertiary/aromatic N) is 3. The first-order valence-electron chi connectivity index (χ1n) is 12.6. The molecule has 0 spiro atoms. The largest absolute Gasteiger partial charge is 0.495 e. The number of methoxy groups -OCH3 is 1. The van der Waals surface area contributed by atoms with Gasteiger partial charge in [-0.05, 0) is 61.9 Å². The van der Waals surface area contributed by atoms with Crippen LogP contribution in [0.4, 0.5) is 0 Å². The van der Waals surface area contributed by atoms with E-state index in [2.05, 4.69) is 0 Å². The molecule has 5 rings (SSSR count). The summed E-state index contributed by atoms with van der Waals surface area (Å²) in [5, 5.41) is 0.486. The molecule has 38 heavy (non-hydrogen) atoms. The summed E-state index contributed by atoms with van der Waals surface area (Å²) in [7, 11) is 1.57. The van der Waals surface area contributed by atoms with E-state index in [0.717, 1.165) is 5.56 Å². The molecule has 3 aromatic carbocycles. The molecular formula is C31H29N3O4. The first-order chi connectivity index (χ1) is 18.5. The van der Waals surface area contributed by atoms with Gasteiger partial charge in [-0.25, -0.2) is 4.98 Å². The maximum atomic E-state index is 14.0. The molecule has 1 unspecified atom stereocenters. The third-order valence-corrected chi connectivity index (χ3v) is 6.65. The van der Waals surface area contributed by atoms with Gasteiger partial charge in [0, 0.05) is 5.56 Å². The Kier molecular flexibility index (Phi) is 7.09. The number of carbonyl (C=O) groups is 1. The van der Waals surface area contributed by atoms with Crippen LogP contribution in [0.1, 0.15) is 46.9 Å². The Hall–Kier alpha value is -4.65. The molecule has 0 saturated heterocycles. The van der Waals surface area contributed by atoms with Crippen molar-refractivity contribution in [2.45, 2.75) is 32.9 Å². The number of para-hydroxylation sites is 3. The van der Waals surface area contributed by atoms with Gasteiger partial charge in [0.05, 0.1) is 42.5 Å². The quantitative estimate of drug-likeness (QED) is 0.254. The van der Waals surface area contributed by atoms with E-state index < -0.39 is 6.04 Å². The van der Waals surface area contributed by atoms with E-state index in [-0.39, 0.29) is 18.0 Å². The minimum atomic E-state index is -0.545. The van der Waals surface area contributed by atoms with E-state index in [9.17, 15) is 9.59 Å². The average Bonchev–Trinajstić information content (AvgIpc) is 3.46. The van der Waals surface area contributed by atoms with E-state index in [4.69, 9.17) is 14.1 Å². The van der Waals surface area contributed by atoms with Crippen molar-refractivity contribution in [3.05, 3.63) is 124 Å². The standard InChI is InChI=1S/C31H29N3O4/c1-4-26(33(20-23-10-9-19-38-23)30(35)22-17-15-21(2)16-18-22)29-32-25-12-6-5-11-24(25)31(36)34(29)27-13-7-8-14-28(27)37-3/h5-19,26H,4,20H2,1-3H3. The van der Waals surface area contributed by atoms with Gasteiger partial charge in [0.25, 0.3) is 11.5 Å². The normalized spacial score (nSPS) is 11.9. The number of aromatic nitrogens is 2. The Morgan fingerprint density at radius 3 is 2.45 bits per heavy atom. The van der Waals surface area contributed by atoms with Crippen LogP contribution in [0.15, 0.2) is 100 Å². The molecule has 7 nitrogen and oxygen atoms in total. The maximum absolute atomic E-state index is 14.0. The number of benzene rings is 3. The number of furan rings is 1. The molecule has 0 aliphatic carbocycles. The van der Waals surface area contributed by atoms with Crippen LogP contribution in [-0.2, 0) is 6.54 Å². The van der Waals surface area contributed by atoms with Gasteiger partial charge < -0.3 is 14.1 Å². The highest BCUT2D eigenvalue weighted by Crippen LogP contribution is 2.31. The Balaban J connectivity index is 1.75. The molecule has 5 aromatic rings. The molecule has 2 aromatic heterocycles. The summed E-state index contributed by atoms with van der Waals surface area (Å²) in [6.07, 6.45) is 2.10. The fourth-order valence-electron chi connectivity index (χ4n) is 4.72. The van der Waals surface area contributed by atoms with E-state index in [1.54, 1.807) is 41.0 Å². The lowest BCUT2D eigenvalue weighted by atomic mass is 10.1. The van der Waals surface area contributed by atoms with Gasteiger partial charge in [0.2, 0.25) is 0 Å². The summed E-state index contributed by atoms with van der Waals surface area (Å²) in [4.78, 5) is 34.7. The highest BCUT2D eigenvalue weighted by molar-refractivity contribution is 5.94. The topological polar surface area (TPSA) is 77.6 Å². The van der Waals surface area contributed by atoms with Crippen LogP contribution in [0, 0.1) is 6.92 Å². The average molecular weight is 508 g/mol. The van der Waals surface area contributed by atoms with Crippen molar-refractivity contribution >= 4 is 16.8 Å². The SMILES string of the molecule is CCC(c1nc2ccccc2c(=O)n1-c1ccccc1OC)N(Cc1ccco1)C(=O)c1ccc(C)cc1. The molecule has 0 fully saturated rings. The molecule has 0 radical (unpaired) electrons. The Labute approximate surface area is 220 Å². The molecule has 1 amide bonds. The molecule has 0 aliphatic heterocycles. The van der Waals surface area contributed by atoms with Gasteiger partial charge in [0.1, 0.15) is 17.3 Å². The van der Waals surface area contributed by atoms with Gasteiger partial charge in [-0.15, -0.1) is 0 Å². The minimum Gasteiger partial charge on any atom is -0.495 e. The first-order valence-corrected chi connectivity index (χ1v) is 12.6. The van der Waals surface area contributed by atoms with E-state index in [1.807, 2.05) is 80.6 Å². The van der Waals surface area contributed by atoms with Crippen LogP contribution < -0.4 is 10.3 Å². The minimum absolute atomic E-state index is 0.178. The van der Waals surface area contributed by atoms with Crippen molar-refractivity contribution in [2.24, 2.45) is 0 Å². The Morgan fingerprint density at radius 2 is 1.74 bits per heavy atom. The zero-order valence-corrected chi connectivity index (χ0v) is 21.6. The number of aryl methyl sites for hydroxylation is 1. The third-order valence-electron chi connectivity index (χ3n) is 6.65. The van der Waals surface area contributed by atoms with Crippen LogP contribution in [0.25, 0.3) is 16.6 Å². The molecule has 7 heteroatoms. The molecule has 192 valence electrons. The summed E-state index contributed by atoms with van der Waals surface area (Å²) in [6, 6.07) is 25.1. The molecular weight excluding hydrogens is 478 g/mol. The molecule has 2 heterocycles. The second-order valence-corrected chi connectivity index (χ2v) is 9.10. The number of amides is 1. The summed E-state index contributed by atoms with van der Waals surface area (Å²) in [5.41, 5.74) is 2.51. The highest BCUT2D eigenvalue weighted by atomic mass is 16.5. The lowest BCUT2D eigenvalue weighted by molar-refractivity contribution is 0.0624. The van der Waals surface area contributed by atoms with Crippen molar-refractivity contribution < 1.29 is 13.9 Å². The van der Waals surface area contributed by atoms with Crippen molar-refractivity contribution in [3.63, 3.8) is 0 Å². The Morgan fingerprint density at radius 1 is 1.00 bits per heavy atom. The van der Waals surface area contributed by atoms with Gasteiger partial charge in [-0.1, -0.05) is 48.9 Å². The summed E-state index contributed by atoms with van der Waals surface area (Å²) < 4.78 is 12.8. The summed E-state index contributed by atoms with van der Waals surface area (Å²) >= 11 is 0. The van der Waals surface area contributed by atoms with Crippen molar-refractivity contribution in [1.82, 2.24) is 14.5 Å². The second-order valence-electron chi connectivity index (χ2n) is 9.10. The predicted molar refractivity (Wildman–Crippen MR) is 147 cm³/mol. The molecule has 1 atom stereocenters. The van der Waals surface area contributed by atoms with Gasteiger partial charge >= 0.3 is 0 Å². The zero-order valence-electron chi connectivity index (χ0n) is 21.6. The van der Waals surface area contributed by atoms with Crippen LogP contribution in [0.2, 0.25) is 0 Å². The van der Waals surface area contributed by atoms with E-state index in [1.165, 1.54) is 0 Å². The number of carbonyl (C=O) groups excluding carboxylic acids is 1. The van der Waals surface area contributed by atoms with Gasteiger partial charge in [0.15, 0.2) is 0 Å². The van der Waals surface area contributed by atoms with Gasteiger partial charge in [-0.2, -0.15) is 0 Å². The number of rotatable bonds is 8. The maximum Gasteiger partial charge on any atom is 0.266 e. The van der Waals surface area contributed by atoms with E-state index >= 15 is 0 Å². The number of hydrogen-bond acceptors (Lipinski definition) is 5. The Bertz CT molecular complexity index is 1620. The first kappa shape index (κ1) is 25.0. The highest BCUT2D eigenvalue weighted by Gasteiger charge is 2.31. The van der Waals surface area contributed by atoms with Crippen molar-refractivity contribution in [2.75, 3.05) is 7.11 Å². The lowest BCUT2D eigenvalue weighted by Gasteiger charge is -2.32. The second kappa shape index (κ2) is 10.8. The third kappa shape index (κ3) is 4.70. The molecule has 0 bridgehead atoms. The summed E-state index contributed by atoms with van der Waals surface area (Å²) in [6.45, 7) is 4.18. The molecule has 0 aliphatic rings. The van der Waals surface area contributed by atoms with Gasteiger partial charge in [-0.3, -0.25) is 14.2 Å². The zero-order chi connectivity index (χ0) is 26.6. The predicted octanol–water partition coefficient (Wildman–Crippen LogP) is 6.09. The molecule has 0 saturated carbocycles. The molecule has 0 N–H and O–H groups in total. The summed E-state index contributed by atoms with van der Waals surface area (Å²) in [5.74, 6) is 1.44. The van der Waals surface area contributed by atoms with Crippen LogP contribution >= 0.6 is 0 Å². The fraction of sp³-hybridized carbons (Fsp3) is 0.194. The number of fused-ring (bicyclic) bond motifs is 1. The van der Waals surface area contributed by atoms with Crippen molar-refractivity contribution in [1.29, 1.82) is 0 Å². The lowest BCUT2D eigenvalue weighted by Crippen LogP contribution is -2.38. The number of ether oxygens (including phenoxy) is 1. The number of hydrogen-bond donors (Lipinski definition) is 0. The van der Waals surface area contributed by atoms with Crippen LogP contribution in [-0.4, -0.2) is 27.5 Å². The fourth-order valence-corrected chi connectivity index (χ4v) is 4.72. The monoisotopic (exact) mass is 507 g/mol.